The number of hydrogen-bond donors (Lipinski definition) is 0. The predicted octanol–water partition coefficient (Wildman–Crippen LogP) is 2.31. The standard InChI is InChI=1S/C15H18N2O2/c1-2-19-14-5-3-12(4-6-14)15(11-16)17-9-7-13(18)8-10-17/h3-6,15H,2,7-10H2,1H3. The monoisotopic (exact) mass is 258 g/mol. The van der Waals surface area contributed by atoms with Crippen LogP contribution in [0.3, 0.4) is 0 Å². The van der Waals surface area contributed by atoms with Crippen molar-refractivity contribution in [2.45, 2.75) is 25.8 Å². The van der Waals surface area contributed by atoms with E-state index in [9.17, 15) is 10.1 Å². The molecular weight excluding hydrogens is 240 g/mol. The predicted molar refractivity (Wildman–Crippen MR) is 71.8 cm³/mol. The van der Waals surface area contributed by atoms with Crippen LogP contribution in [0.5, 0.6) is 5.75 Å². The average Bonchev–Trinajstić information content (AvgIpc) is 2.44. The topological polar surface area (TPSA) is 53.3 Å². The van der Waals surface area contributed by atoms with Crippen LogP contribution in [0.1, 0.15) is 31.4 Å². The molecule has 1 aromatic rings. The minimum atomic E-state index is -0.274. The van der Waals surface area contributed by atoms with Gasteiger partial charge in [-0.15, -0.1) is 0 Å². The van der Waals surface area contributed by atoms with E-state index in [1.54, 1.807) is 0 Å². The third kappa shape index (κ3) is 3.33. The molecule has 4 heteroatoms. The summed E-state index contributed by atoms with van der Waals surface area (Å²) in [5.41, 5.74) is 0.959. The highest BCUT2D eigenvalue weighted by atomic mass is 16.5. The highest BCUT2D eigenvalue weighted by molar-refractivity contribution is 5.79. The Morgan fingerprint density at radius 2 is 1.95 bits per heavy atom. The van der Waals surface area contributed by atoms with Crippen molar-refractivity contribution in [3.8, 4) is 11.8 Å². The zero-order valence-electron chi connectivity index (χ0n) is 11.1. The maximum Gasteiger partial charge on any atom is 0.135 e. The number of piperidine rings is 1. The summed E-state index contributed by atoms with van der Waals surface area (Å²) in [4.78, 5) is 13.3. The van der Waals surface area contributed by atoms with Crippen LogP contribution in [0.2, 0.25) is 0 Å². The van der Waals surface area contributed by atoms with E-state index < -0.39 is 0 Å². The molecule has 0 aromatic heterocycles. The van der Waals surface area contributed by atoms with Gasteiger partial charge in [0.15, 0.2) is 0 Å². The third-order valence-corrected chi connectivity index (χ3v) is 3.35. The molecule has 19 heavy (non-hydrogen) atoms. The van der Waals surface area contributed by atoms with Crippen LogP contribution >= 0.6 is 0 Å². The van der Waals surface area contributed by atoms with Crippen LogP contribution < -0.4 is 4.74 Å². The number of ketones is 1. The Kier molecular flexibility index (Phi) is 4.53. The zero-order valence-corrected chi connectivity index (χ0v) is 11.1. The summed E-state index contributed by atoms with van der Waals surface area (Å²) < 4.78 is 5.39. The van der Waals surface area contributed by atoms with Gasteiger partial charge < -0.3 is 4.74 Å². The van der Waals surface area contributed by atoms with Crippen molar-refractivity contribution in [1.82, 2.24) is 4.90 Å². The number of benzene rings is 1. The van der Waals surface area contributed by atoms with Crippen molar-refractivity contribution in [2.24, 2.45) is 0 Å². The molecule has 1 aromatic carbocycles. The van der Waals surface area contributed by atoms with Gasteiger partial charge in [0.25, 0.3) is 0 Å². The number of nitrogens with zero attached hydrogens (tertiary/aromatic N) is 2. The lowest BCUT2D eigenvalue weighted by atomic mass is 10.0. The molecule has 100 valence electrons. The molecule has 1 aliphatic rings. The van der Waals surface area contributed by atoms with Crippen molar-refractivity contribution >= 4 is 5.78 Å². The van der Waals surface area contributed by atoms with Crippen LogP contribution in [0.4, 0.5) is 0 Å². The van der Waals surface area contributed by atoms with E-state index in [0.717, 1.165) is 11.3 Å². The van der Waals surface area contributed by atoms with E-state index in [1.165, 1.54) is 0 Å². The summed E-state index contributed by atoms with van der Waals surface area (Å²) >= 11 is 0. The van der Waals surface area contributed by atoms with Gasteiger partial charge in [0.2, 0.25) is 0 Å². The molecule has 0 aliphatic carbocycles. The quantitative estimate of drug-likeness (QED) is 0.831. The molecule has 0 radical (unpaired) electrons. The van der Waals surface area contributed by atoms with Crippen molar-refractivity contribution in [3.63, 3.8) is 0 Å². The van der Waals surface area contributed by atoms with E-state index in [-0.39, 0.29) is 6.04 Å². The summed E-state index contributed by atoms with van der Waals surface area (Å²) in [7, 11) is 0. The Balaban J connectivity index is 2.09. The minimum absolute atomic E-state index is 0.274. The minimum Gasteiger partial charge on any atom is -0.494 e. The maximum atomic E-state index is 11.2. The second kappa shape index (κ2) is 6.35. The van der Waals surface area contributed by atoms with E-state index in [1.807, 2.05) is 31.2 Å². The number of rotatable bonds is 4. The largest absolute Gasteiger partial charge is 0.494 e. The van der Waals surface area contributed by atoms with Crippen molar-refractivity contribution in [3.05, 3.63) is 29.8 Å². The van der Waals surface area contributed by atoms with E-state index >= 15 is 0 Å². The lowest BCUT2D eigenvalue weighted by Gasteiger charge is -2.30. The van der Waals surface area contributed by atoms with E-state index in [0.29, 0.717) is 38.3 Å². The number of likely N-dealkylation sites (tertiary alicyclic amines) is 1. The van der Waals surface area contributed by atoms with Gasteiger partial charge >= 0.3 is 0 Å². The Hall–Kier alpha value is -1.86. The molecule has 0 N–H and O–H groups in total. The van der Waals surface area contributed by atoms with Crippen LogP contribution in [0.15, 0.2) is 24.3 Å². The average molecular weight is 258 g/mol. The molecule has 1 unspecified atom stereocenters. The molecule has 4 nitrogen and oxygen atoms in total. The zero-order chi connectivity index (χ0) is 13.7. The number of nitriles is 1. The lowest BCUT2D eigenvalue weighted by molar-refractivity contribution is -0.121. The molecule has 1 heterocycles. The van der Waals surface area contributed by atoms with Crippen LogP contribution in [-0.2, 0) is 4.79 Å². The fraction of sp³-hybridized carbons (Fsp3) is 0.467. The van der Waals surface area contributed by atoms with Gasteiger partial charge in [0.1, 0.15) is 17.6 Å². The number of carbonyl (C=O) groups is 1. The van der Waals surface area contributed by atoms with Crippen molar-refractivity contribution in [1.29, 1.82) is 5.26 Å². The molecule has 2 rings (SSSR count). The Labute approximate surface area is 113 Å². The van der Waals surface area contributed by atoms with Gasteiger partial charge in [-0.25, -0.2) is 0 Å². The van der Waals surface area contributed by atoms with Crippen LogP contribution in [0.25, 0.3) is 0 Å². The van der Waals surface area contributed by atoms with Gasteiger partial charge in [-0.3, -0.25) is 9.69 Å². The number of Topliss-reactive ketones (excluding diaryl/α,β-unsaturated/α-hetero) is 1. The fourth-order valence-electron chi connectivity index (χ4n) is 2.31. The second-order valence-electron chi connectivity index (χ2n) is 4.61. The summed E-state index contributed by atoms with van der Waals surface area (Å²) in [5.74, 6) is 1.11. The summed E-state index contributed by atoms with van der Waals surface area (Å²) in [6, 6.07) is 9.68. The number of ether oxygens (including phenoxy) is 1. The summed E-state index contributed by atoms with van der Waals surface area (Å²) in [6.45, 7) is 3.92. The first-order valence-corrected chi connectivity index (χ1v) is 6.62. The first-order chi connectivity index (χ1) is 9.24. The molecule has 1 atom stereocenters. The number of carbonyl (C=O) groups excluding carboxylic acids is 1. The van der Waals surface area contributed by atoms with E-state index in [2.05, 4.69) is 11.0 Å². The molecular formula is C15H18N2O2. The SMILES string of the molecule is CCOc1ccc(C(C#N)N2CCC(=O)CC2)cc1. The molecule has 0 saturated carbocycles. The molecule has 0 spiro atoms. The normalized spacial score (nSPS) is 17.8. The summed E-state index contributed by atoms with van der Waals surface area (Å²) in [5, 5.41) is 9.36. The smallest absolute Gasteiger partial charge is 0.135 e. The highest BCUT2D eigenvalue weighted by Crippen LogP contribution is 2.24. The highest BCUT2D eigenvalue weighted by Gasteiger charge is 2.24. The van der Waals surface area contributed by atoms with Gasteiger partial charge in [-0.1, -0.05) is 12.1 Å². The maximum absolute atomic E-state index is 11.2. The van der Waals surface area contributed by atoms with Gasteiger partial charge in [0.05, 0.1) is 12.7 Å². The van der Waals surface area contributed by atoms with Crippen LogP contribution in [0, 0.1) is 11.3 Å². The first kappa shape index (κ1) is 13.6. The summed E-state index contributed by atoms with van der Waals surface area (Å²) in [6.07, 6.45) is 1.10. The van der Waals surface area contributed by atoms with Gasteiger partial charge in [-0.2, -0.15) is 5.26 Å². The lowest BCUT2D eigenvalue weighted by Crippen LogP contribution is -2.36. The van der Waals surface area contributed by atoms with Gasteiger partial charge in [-0.05, 0) is 24.6 Å². The molecule has 1 fully saturated rings. The van der Waals surface area contributed by atoms with Gasteiger partial charge in [0, 0.05) is 25.9 Å². The molecule has 0 amide bonds. The number of hydrogen-bond acceptors (Lipinski definition) is 4. The van der Waals surface area contributed by atoms with Crippen LogP contribution in [-0.4, -0.2) is 30.4 Å². The van der Waals surface area contributed by atoms with E-state index in [4.69, 9.17) is 4.74 Å². The molecule has 1 aliphatic heterocycles. The Morgan fingerprint density at radius 3 is 2.47 bits per heavy atom. The third-order valence-electron chi connectivity index (χ3n) is 3.35. The van der Waals surface area contributed by atoms with Crippen molar-refractivity contribution in [2.75, 3.05) is 19.7 Å². The Bertz CT molecular complexity index is 466. The molecule has 0 bridgehead atoms. The second-order valence-corrected chi connectivity index (χ2v) is 4.61. The Morgan fingerprint density at radius 1 is 1.32 bits per heavy atom. The van der Waals surface area contributed by atoms with Crippen molar-refractivity contribution < 1.29 is 9.53 Å². The molecule has 1 saturated heterocycles. The fourth-order valence-corrected chi connectivity index (χ4v) is 2.31. The first-order valence-electron chi connectivity index (χ1n) is 6.62.